The van der Waals surface area contributed by atoms with E-state index in [1.807, 2.05) is 19.1 Å². The summed E-state index contributed by atoms with van der Waals surface area (Å²) in [6.07, 6.45) is 1.09. The average Bonchev–Trinajstić information content (AvgIpc) is 3.13. The van der Waals surface area contributed by atoms with Gasteiger partial charge in [0.15, 0.2) is 6.29 Å². The van der Waals surface area contributed by atoms with Gasteiger partial charge in [0.05, 0.1) is 37.4 Å². The Balaban J connectivity index is 1.20. The maximum absolute atomic E-state index is 12.6. The van der Waals surface area contributed by atoms with Crippen molar-refractivity contribution >= 4 is 23.0 Å². The second kappa shape index (κ2) is 8.93. The van der Waals surface area contributed by atoms with Gasteiger partial charge >= 0.3 is 0 Å². The number of fused-ring (bicyclic) bond motifs is 5. The topological polar surface area (TPSA) is 66.8 Å². The number of carbonyl (C=O) groups excluding carboxylic acids is 2. The molecule has 0 aliphatic carbocycles. The molecule has 7 heteroatoms. The fourth-order valence-corrected chi connectivity index (χ4v) is 7.34. The van der Waals surface area contributed by atoms with E-state index in [0.717, 1.165) is 29.4 Å². The Morgan fingerprint density at radius 2 is 1.76 bits per heavy atom. The lowest BCUT2D eigenvalue weighted by molar-refractivity contribution is -1.07. The summed E-state index contributed by atoms with van der Waals surface area (Å²) < 4.78 is 8.85. The molecule has 5 aliphatic heterocycles. The zero-order valence-corrected chi connectivity index (χ0v) is 22.2. The van der Waals surface area contributed by atoms with Gasteiger partial charge in [-0.2, -0.15) is 0 Å². The molecule has 0 aromatic heterocycles. The van der Waals surface area contributed by atoms with Crippen molar-refractivity contribution in [2.24, 2.45) is 11.8 Å². The molecule has 2 aromatic carbocycles. The van der Waals surface area contributed by atoms with Gasteiger partial charge in [-0.1, -0.05) is 37.3 Å². The number of quaternary nitrogens is 2. The van der Waals surface area contributed by atoms with Crippen LogP contribution in [0.25, 0.3) is 10.8 Å². The zero-order chi connectivity index (χ0) is 25.9. The van der Waals surface area contributed by atoms with Gasteiger partial charge in [-0.05, 0) is 29.5 Å². The van der Waals surface area contributed by atoms with Crippen LogP contribution in [-0.2, 0) is 16.0 Å². The Morgan fingerprint density at radius 3 is 2.43 bits per heavy atom. The maximum atomic E-state index is 12.6. The summed E-state index contributed by atoms with van der Waals surface area (Å²) in [6.45, 7) is 12.9. The lowest BCUT2D eigenvalue weighted by atomic mass is 9.78. The highest BCUT2D eigenvalue weighted by Gasteiger charge is 2.58. The van der Waals surface area contributed by atoms with Crippen LogP contribution in [-0.4, -0.2) is 103 Å². The predicted octanol–water partition coefficient (Wildman–Crippen LogP) is 2.36. The molecule has 0 spiro atoms. The van der Waals surface area contributed by atoms with E-state index in [1.165, 1.54) is 65.7 Å². The minimum absolute atomic E-state index is 0.0356. The Bertz CT molecular complexity index is 1260. The molecule has 37 heavy (non-hydrogen) atoms. The summed E-state index contributed by atoms with van der Waals surface area (Å²) >= 11 is 0. The zero-order valence-electron chi connectivity index (χ0n) is 22.2. The molecule has 0 saturated carbocycles. The molecule has 196 valence electrons. The lowest BCUT2D eigenvalue weighted by Crippen LogP contribution is -2.73. The molecule has 4 fully saturated rings. The number of amides is 1. The summed E-state index contributed by atoms with van der Waals surface area (Å²) in [5, 5.41) is 12.4. The van der Waals surface area contributed by atoms with E-state index in [1.54, 1.807) is 11.8 Å². The molecule has 1 N–H and O–H groups in total. The second-order valence-electron chi connectivity index (χ2n) is 12.1. The van der Waals surface area contributed by atoms with Crippen molar-refractivity contribution in [2.45, 2.75) is 32.4 Å². The fraction of sp³-hybridized carbons (Fsp3) is 0.533. The largest absolute Gasteiger partial charge is 0.489 e. The van der Waals surface area contributed by atoms with Crippen LogP contribution in [0.5, 0.6) is 5.75 Å². The highest BCUT2D eigenvalue weighted by molar-refractivity contribution is 5.96. The van der Waals surface area contributed by atoms with E-state index in [0.29, 0.717) is 5.70 Å². The number of likely N-dealkylation sites (N-methyl/N-ethyl adjacent to an activating group) is 1. The van der Waals surface area contributed by atoms with Crippen LogP contribution < -0.4 is 4.74 Å². The quantitative estimate of drug-likeness (QED) is 0.340. The van der Waals surface area contributed by atoms with Crippen LogP contribution >= 0.6 is 0 Å². The molecule has 4 atom stereocenters. The molecule has 5 aliphatic rings. The smallest absolute Gasteiger partial charge is 0.235 e. The normalized spacial score (nSPS) is 33.5. The van der Waals surface area contributed by atoms with Gasteiger partial charge in [-0.25, -0.2) is 0 Å². The third-order valence-electron chi connectivity index (χ3n) is 10.0. The van der Waals surface area contributed by atoms with Crippen LogP contribution in [0, 0.1) is 11.8 Å². The van der Waals surface area contributed by atoms with Crippen molar-refractivity contribution in [2.75, 3.05) is 59.5 Å². The van der Waals surface area contributed by atoms with Crippen LogP contribution in [0.15, 0.2) is 47.7 Å². The molecule has 0 radical (unpaired) electrons. The number of aliphatic hydroxyl groups is 1. The summed E-state index contributed by atoms with van der Waals surface area (Å²) in [4.78, 5) is 26.1. The number of aliphatic hydroxyl groups excluding tert-OH is 1. The number of benzene rings is 2. The van der Waals surface area contributed by atoms with Gasteiger partial charge in [-0.15, -0.1) is 0 Å². The molecular weight excluding hydrogens is 466 g/mol. The van der Waals surface area contributed by atoms with Gasteiger partial charge < -0.3 is 23.7 Å². The number of hydrogen-bond donors (Lipinski definition) is 1. The first-order valence-electron chi connectivity index (χ1n) is 13.8. The first-order chi connectivity index (χ1) is 17.8. The van der Waals surface area contributed by atoms with E-state index in [-0.39, 0.29) is 24.5 Å². The minimum atomic E-state index is -0.732. The number of ether oxygens (including phenoxy) is 1. The van der Waals surface area contributed by atoms with Crippen molar-refractivity contribution < 1.29 is 28.4 Å². The Labute approximate surface area is 219 Å². The van der Waals surface area contributed by atoms with Crippen molar-refractivity contribution in [3.63, 3.8) is 0 Å². The molecule has 7 nitrogen and oxygen atoms in total. The Kier molecular flexibility index (Phi) is 5.93. The van der Waals surface area contributed by atoms with Crippen molar-refractivity contribution in [3.8, 4) is 5.75 Å². The van der Waals surface area contributed by atoms with Crippen molar-refractivity contribution in [3.05, 3.63) is 53.2 Å². The molecular formula is C30H39N3O4+2. The summed E-state index contributed by atoms with van der Waals surface area (Å²) in [5.74, 6) is 0.136. The van der Waals surface area contributed by atoms with Gasteiger partial charge in [0.2, 0.25) is 5.91 Å². The predicted molar refractivity (Wildman–Crippen MR) is 142 cm³/mol. The monoisotopic (exact) mass is 505 g/mol. The second-order valence-corrected chi connectivity index (χ2v) is 12.1. The molecule has 2 aromatic rings. The van der Waals surface area contributed by atoms with Crippen LogP contribution in [0.1, 0.15) is 19.4 Å². The van der Waals surface area contributed by atoms with E-state index in [4.69, 9.17) is 4.74 Å². The Hall–Kier alpha value is -2.74. The van der Waals surface area contributed by atoms with Crippen molar-refractivity contribution in [1.29, 1.82) is 0 Å². The molecule has 2 bridgehead atoms. The maximum Gasteiger partial charge on any atom is 0.235 e. The van der Waals surface area contributed by atoms with E-state index >= 15 is 0 Å². The average molecular weight is 506 g/mol. The summed E-state index contributed by atoms with van der Waals surface area (Å²) in [5.41, 5.74) is 2.61. The number of allylic oxidation sites excluding steroid dienone is 1. The minimum Gasteiger partial charge on any atom is -0.489 e. The van der Waals surface area contributed by atoms with E-state index in [2.05, 4.69) is 31.3 Å². The van der Waals surface area contributed by atoms with Crippen LogP contribution in [0.4, 0.5) is 0 Å². The number of β-lactam (4-membered cyclic amide) rings is 1. The number of hydrogen-bond acceptors (Lipinski definition) is 4. The summed E-state index contributed by atoms with van der Waals surface area (Å²) in [7, 11) is 2.41. The summed E-state index contributed by atoms with van der Waals surface area (Å²) in [6, 6.07) is 12.5. The number of rotatable bonds is 8. The highest BCUT2D eigenvalue weighted by Crippen LogP contribution is 2.46. The SMILES string of the molecule is C[C@H]1C(COc2cccc3c(CC[N+]45CC[N+](C)(CC4)CC5)cccc23)=C(C=O)N2C(=O)[C@H]([C@@H](C)O)C12. The Morgan fingerprint density at radius 1 is 1.08 bits per heavy atom. The number of aldehydes is 1. The third kappa shape index (κ3) is 3.90. The van der Waals surface area contributed by atoms with Crippen LogP contribution in [0.3, 0.4) is 0 Å². The molecule has 1 amide bonds. The molecule has 1 unspecified atom stereocenters. The standard InChI is InChI=1S/C30H39N3O4/c1-20-25(26(18-34)31-29(20)28(21(2)35)30(31)36)19-37-27-9-5-7-23-22(6-4-8-24(23)27)10-11-33-15-12-32(3,13-16-33)14-17-33/h4-9,18,20-21,28-29,35H,10-17,19H2,1-3H3/q+2/t20-,21+,28+,29?,32?,33?/m0/s1. The fourth-order valence-electron chi connectivity index (χ4n) is 7.34. The lowest BCUT2D eigenvalue weighted by Gasteiger charge is -2.54. The highest BCUT2D eigenvalue weighted by atomic mass is 16.5. The van der Waals surface area contributed by atoms with Crippen LogP contribution in [0.2, 0.25) is 0 Å². The first kappa shape index (κ1) is 24.6. The first-order valence-corrected chi connectivity index (χ1v) is 13.8. The molecule has 4 saturated heterocycles. The molecule has 7 rings (SSSR count). The van der Waals surface area contributed by atoms with Gasteiger partial charge in [0.1, 0.15) is 51.6 Å². The third-order valence-corrected chi connectivity index (χ3v) is 10.0. The van der Waals surface area contributed by atoms with E-state index < -0.39 is 12.0 Å². The number of nitrogens with zero attached hydrogens (tertiary/aromatic N) is 3. The number of piperazine rings is 3. The van der Waals surface area contributed by atoms with Gasteiger partial charge in [0.25, 0.3) is 0 Å². The number of carbonyl (C=O) groups is 2. The van der Waals surface area contributed by atoms with Gasteiger partial charge in [0, 0.05) is 17.7 Å². The van der Waals surface area contributed by atoms with E-state index in [9.17, 15) is 14.7 Å². The molecule has 5 heterocycles. The van der Waals surface area contributed by atoms with Gasteiger partial charge in [-0.3, -0.25) is 9.59 Å². The van der Waals surface area contributed by atoms with Crippen molar-refractivity contribution in [1.82, 2.24) is 4.90 Å².